The van der Waals surface area contributed by atoms with E-state index in [-0.39, 0.29) is 10.8 Å². The number of fused-ring (bicyclic) bond motifs is 17. The first kappa shape index (κ1) is 27.7. The van der Waals surface area contributed by atoms with E-state index in [4.69, 9.17) is 0 Å². The lowest BCUT2D eigenvalue weighted by Crippen LogP contribution is -2.72. The van der Waals surface area contributed by atoms with E-state index in [1.54, 1.807) is 0 Å². The summed E-state index contributed by atoms with van der Waals surface area (Å²) in [7, 11) is 0. The second-order valence-electron chi connectivity index (χ2n) is 15.7. The monoisotopic (exact) mass is 598 g/mol. The van der Waals surface area contributed by atoms with Crippen molar-refractivity contribution in [2.75, 3.05) is 0 Å². The van der Waals surface area contributed by atoms with Gasteiger partial charge in [-0.15, -0.1) is 9.13 Å². The Labute approximate surface area is 273 Å². The molecular weight excluding hydrogens is 556 g/mol. The van der Waals surface area contributed by atoms with Crippen molar-refractivity contribution in [1.82, 2.24) is 0 Å². The van der Waals surface area contributed by atoms with Gasteiger partial charge in [-0.1, -0.05) is 77.1 Å². The zero-order chi connectivity index (χ0) is 32.1. The van der Waals surface area contributed by atoms with Crippen LogP contribution in [-0.4, -0.2) is 0 Å². The number of nitrogens with zero attached hydrogens (tertiary/aromatic N) is 2. The molecule has 2 heteroatoms. The molecule has 1 atom stereocenters. The third kappa shape index (κ3) is 3.13. The Morgan fingerprint density at radius 3 is 2.13 bits per heavy atom. The molecule has 46 heavy (non-hydrogen) atoms. The molecule has 3 aliphatic rings. The number of rotatable bonds is 0. The zero-order valence-corrected chi connectivity index (χ0v) is 28.6. The van der Waals surface area contributed by atoms with Crippen molar-refractivity contribution in [3.8, 4) is 33.6 Å². The average Bonchev–Trinajstić information content (AvgIpc) is 3.55. The SMILES string of the molecule is Cc1cc(C)c2c(c1)-c1c3c(c4c(C)cc(C)cc4[n+]1C21c2cc(C(C)(C)C)ccc2-c2cccc[n+]21)C(C)(C)c1ccccc1-3. The van der Waals surface area contributed by atoms with Crippen molar-refractivity contribution in [3.05, 3.63) is 141 Å². The number of hydrogen-bond donors (Lipinski definition) is 0. The molecule has 1 unspecified atom stereocenters. The molecule has 0 bridgehead atoms. The molecule has 1 spiro atoms. The van der Waals surface area contributed by atoms with Crippen LogP contribution in [0.4, 0.5) is 0 Å². The molecule has 4 aromatic carbocycles. The highest BCUT2D eigenvalue weighted by Gasteiger charge is 2.69. The predicted molar refractivity (Wildman–Crippen MR) is 188 cm³/mol. The van der Waals surface area contributed by atoms with Crippen LogP contribution >= 0.6 is 0 Å². The lowest BCUT2D eigenvalue weighted by atomic mass is 9.79. The largest absolute Gasteiger partial charge is 0.418 e. The van der Waals surface area contributed by atoms with Crippen LogP contribution in [0.25, 0.3) is 44.5 Å². The molecule has 9 rings (SSSR count). The molecule has 2 aromatic heterocycles. The van der Waals surface area contributed by atoms with E-state index < -0.39 is 5.66 Å². The lowest BCUT2D eigenvalue weighted by Gasteiger charge is -2.26. The van der Waals surface area contributed by atoms with Gasteiger partial charge in [0.05, 0.1) is 22.1 Å². The van der Waals surface area contributed by atoms with Crippen molar-refractivity contribution in [2.24, 2.45) is 0 Å². The van der Waals surface area contributed by atoms with Crippen LogP contribution in [0.2, 0.25) is 0 Å². The summed E-state index contributed by atoms with van der Waals surface area (Å²) >= 11 is 0. The first-order valence-corrected chi connectivity index (χ1v) is 16.8. The van der Waals surface area contributed by atoms with Gasteiger partial charge in [-0.25, -0.2) is 0 Å². The van der Waals surface area contributed by atoms with Gasteiger partial charge in [0, 0.05) is 23.6 Å². The number of benzene rings is 4. The van der Waals surface area contributed by atoms with Crippen molar-refractivity contribution in [2.45, 2.75) is 78.8 Å². The van der Waals surface area contributed by atoms with Crippen LogP contribution in [0.1, 0.15) is 84.7 Å². The Kier molecular flexibility index (Phi) is 5.19. The fourth-order valence-corrected chi connectivity index (χ4v) is 9.59. The molecule has 0 fully saturated rings. The van der Waals surface area contributed by atoms with E-state index in [0.29, 0.717) is 0 Å². The van der Waals surface area contributed by atoms with Gasteiger partial charge in [0.25, 0.3) is 0 Å². The van der Waals surface area contributed by atoms with Gasteiger partial charge in [-0.2, -0.15) is 0 Å². The van der Waals surface area contributed by atoms with Gasteiger partial charge in [0.2, 0.25) is 16.9 Å². The summed E-state index contributed by atoms with van der Waals surface area (Å²) in [4.78, 5) is 0. The molecular formula is C44H42N2+2. The highest BCUT2D eigenvalue weighted by atomic mass is 15.3. The fraction of sp³-hybridized carbons (Fsp3) is 0.273. The molecule has 2 aliphatic heterocycles. The summed E-state index contributed by atoms with van der Waals surface area (Å²) in [6, 6.07) is 32.9. The zero-order valence-electron chi connectivity index (χ0n) is 28.6. The molecule has 4 heterocycles. The lowest BCUT2D eigenvalue weighted by molar-refractivity contribution is -0.944. The maximum absolute atomic E-state index is 2.78. The number of hydrogen-bond acceptors (Lipinski definition) is 0. The fourth-order valence-electron chi connectivity index (χ4n) is 9.59. The van der Waals surface area contributed by atoms with Crippen LogP contribution in [0.3, 0.4) is 0 Å². The van der Waals surface area contributed by atoms with Crippen molar-refractivity contribution in [1.29, 1.82) is 0 Å². The van der Waals surface area contributed by atoms with Crippen LogP contribution in [0, 0.1) is 27.7 Å². The second-order valence-corrected chi connectivity index (χ2v) is 15.7. The third-order valence-corrected chi connectivity index (χ3v) is 11.3. The minimum Gasteiger partial charge on any atom is -0.125 e. The molecule has 0 saturated heterocycles. The Morgan fingerprint density at radius 2 is 1.35 bits per heavy atom. The minimum absolute atomic E-state index is 0.0169. The van der Waals surface area contributed by atoms with Gasteiger partial charge in [0.1, 0.15) is 11.1 Å². The minimum atomic E-state index is -0.579. The van der Waals surface area contributed by atoms with Gasteiger partial charge in [-0.05, 0) is 102 Å². The number of aromatic nitrogens is 2. The Morgan fingerprint density at radius 1 is 0.630 bits per heavy atom. The first-order chi connectivity index (χ1) is 21.9. The van der Waals surface area contributed by atoms with Gasteiger partial charge in [0.15, 0.2) is 6.20 Å². The predicted octanol–water partition coefficient (Wildman–Crippen LogP) is 9.51. The topological polar surface area (TPSA) is 7.76 Å². The third-order valence-electron chi connectivity index (χ3n) is 11.3. The summed E-state index contributed by atoms with van der Waals surface area (Å²) in [6.45, 7) is 21.1. The van der Waals surface area contributed by atoms with Crippen LogP contribution in [0.15, 0.2) is 91.1 Å². The van der Waals surface area contributed by atoms with Gasteiger partial charge < -0.3 is 0 Å². The van der Waals surface area contributed by atoms with E-state index >= 15 is 0 Å². The van der Waals surface area contributed by atoms with Crippen LogP contribution < -0.4 is 9.13 Å². The van der Waals surface area contributed by atoms with Crippen molar-refractivity contribution < 1.29 is 9.13 Å². The molecule has 0 amide bonds. The molecule has 0 saturated carbocycles. The highest BCUT2D eigenvalue weighted by molar-refractivity contribution is 6.02. The number of pyridine rings is 2. The normalized spacial score (nSPS) is 17.9. The van der Waals surface area contributed by atoms with E-state index in [9.17, 15) is 0 Å². The molecule has 2 nitrogen and oxygen atoms in total. The highest BCUT2D eigenvalue weighted by Crippen LogP contribution is 2.59. The van der Waals surface area contributed by atoms with Crippen LogP contribution in [0.5, 0.6) is 0 Å². The maximum atomic E-state index is 2.78. The van der Waals surface area contributed by atoms with E-state index in [1.807, 2.05) is 0 Å². The maximum Gasteiger partial charge on any atom is 0.418 e. The quantitative estimate of drug-likeness (QED) is 0.154. The molecule has 0 N–H and O–H groups in total. The smallest absolute Gasteiger partial charge is 0.125 e. The standard InChI is InChI=1S/C44H42N2/c1-25-21-28(4)39-32(22-25)41-38-31-14-10-11-15-33(31)43(8,9)40(38)37-27(3)20-26(2)23-36(37)46(41)44(39)34-24-29(42(5,6)7)17-18-30(34)35-16-12-13-19-45(35)44/h10-24H,1-9H3/q+2. The molecule has 1 aliphatic carbocycles. The van der Waals surface area contributed by atoms with Crippen LogP contribution in [-0.2, 0) is 16.5 Å². The van der Waals surface area contributed by atoms with Gasteiger partial charge >= 0.3 is 5.66 Å². The summed E-state index contributed by atoms with van der Waals surface area (Å²) in [5.41, 5.74) is 21.0. The van der Waals surface area contributed by atoms with E-state index in [1.165, 1.54) is 94.6 Å². The molecule has 6 aromatic rings. The van der Waals surface area contributed by atoms with Crippen molar-refractivity contribution >= 4 is 10.9 Å². The Bertz CT molecular complexity index is 2360. The van der Waals surface area contributed by atoms with Gasteiger partial charge in [-0.3, -0.25) is 0 Å². The molecule has 226 valence electrons. The summed E-state index contributed by atoms with van der Waals surface area (Å²) in [5, 5.41) is 1.39. The average molecular weight is 599 g/mol. The van der Waals surface area contributed by atoms with E-state index in [0.717, 1.165) is 0 Å². The van der Waals surface area contributed by atoms with Crippen molar-refractivity contribution in [3.63, 3.8) is 0 Å². The van der Waals surface area contributed by atoms with E-state index in [2.05, 4.69) is 163 Å². The Hall–Kier alpha value is -4.56. The second kappa shape index (κ2) is 8.62. The Balaban J connectivity index is 1.62. The number of aryl methyl sites for hydroxylation is 4. The summed E-state index contributed by atoms with van der Waals surface area (Å²) in [5.74, 6) is 0. The molecule has 0 radical (unpaired) electrons. The summed E-state index contributed by atoms with van der Waals surface area (Å²) in [6.07, 6.45) is 2.33. The first-order valence-electron chi connectivity index (χ1n) is 16.8. The summed E-state index contributed by atoms with van der Waals surface area (Å²) < 4.78 is 5.37.